The van der Waals surface area contributed by atoms with E-state index in [0.29, 0.717) is 18.4 Å². The lowest BCUT2D eigenvalue weighted by Crippen LogP contribution is -2.52. The highest BCUT2D eigenvalue weighted by Gasteiger charge is 2.54. The summed E-state index contributed by atoms with van der Waals surface area (Å²) in [6.45, 7) is -0.608. The number of hydrogen-bond donors (Lipinski definition) is 0. The van der Waals surface area contributed by atoms with Crippen LogP contribution >= 0.6 is 71.0 Å². The zero-order valence-corrected chi connectivity index (χ0v) is 28.3. The summed E-state index contributed by atoms with van der Waals surface area (Å²) in [5.74, 6) is -4.05. The van der Waals surface area contributed by atoms with Gasteiger partial charge in [-0.2, -0.15) is 5.01 Å². The molecule has 1 saturated heterocycles. The highest BCUT2D eigenvalue weighted by Crippen LogP contribution is 2.44. The predicted molar refractivity (Wildman–Crippen MR) is 171 cm³/mol. The van der Waals surface area contributed by atoms with E-state index < -0.39 is 47.9 Å². The molecule has 0 spiro atoms. The second-order valence-electron chi connectivity index (χ2n) is 10.0. The van der Waals surface area contributed by atoms with Gasteiger partial charge in [-0.1, -0.05) is 71.0 Å². The number of imide groups is 1. The Kier molecular flexibility index (Phi) is 9.77. The third kappa shape index (κ3) is 6.76. The van der Waals surface area contributed by atoms with Crippen LogP contribution in [0.15, 0.2) is 71.2 Å². The predicted octanol–water partition coefficient (Wildman–Crippen LogP) is 7.14. The van der Waals surface area contributed by atoms with Gasteiger partial charge in [-0.05, 0) is 79.6 Å². The monoisotopic (exact) mass is 812 g/mol. The normalized spacial score (nSPS) is 21.4. The number of hydrogen-bond acceptors (Lipinski definition) is 6. The number of halogens is 5. The van der Waals surface area contributed by atoms with E-state index in [9.17, 15) is 24.0 Å². The molecular weight excluding hydrogens is 795 g/mol. The largest absolute Gasteiger partial charge is 0.423 e. The number of carbonyl (C=O) groups is 5. The number of fused-ring (bicyclic) bond motifs is 1. The molecule has 3 aromatic carbocycles. The zero-order chi connectivity index (χ0) is 31.0. The van der Waals surface area contributed by atoms with E-state index in [1.807, 2.05) is 0 Å². The minimum atomic E-state index is -0.766. The van der Waals surface area contributed by atoms with E-state index in [-0.39, 0.29) is 36.6 Å². The molecule has 4 atom stereocenters. The van der Waals surface area contributed by atoms with Crippen molar-refractivity contribution in [1.82, 2.24) is 10.0 Å². The first-order chi connectivity index (χ1) is 20.4. The molecule has 5 rings (SSSR count). The maximum atomic E-state index is 13.8. The van der Waals surface area contributed by atoms with Crippen LogP contribution in [0.2, 0.25) is 10.0 Å². The maximum Gasteiger partial charge on any atom is 0.343 e. The van der Waals surface area contributed by atoms with E-state index >= 15 is 0 Å². The minimum Gasteiger partial charge on any atom is -0.423 e. The first-order valence-electron chi connectivity index (χ1n) is 13.0. The number of nitrogens with zero attached hydrogens (tertiary/aromatic N) is 2. The molecule has 0 aromatic heterocycles. The van der Waals surface area contributed by atoms with Gasteiger partial charge in [0.2, 0.25) is 0 Å². The van der Waals surface area contributed by atoms with Crippen LogP contribution in [0.3, 0.4) is 0 Å². The fourth-order valence-electron chi connectivity index (χ4n) is 5.02. The summed E-state index contributed by atoms with van der Waals surface area (Å²) >= 11 is 22.6. The van der Waals surface area contributed by atoms with E-state index in [1.165, 1.54) is 42.5 Å². The van der Waals surface area contributed by atoms with Crippen molar-refractivity contribution in [2.45, 2.75) is 22.5 Å². The Hall–Kier alpha value is -2.57. The van der Waals surface area contributed by atoms with Crippen molar-refractivity contribution in [1.29, 1.82) is 0 Å². The number of alkyl halides is 2. The Bertz CT molecular complexity index is 1590. The molecule has 13 heteroatoms. The standard InChI is InChI=1S/C30H21Br3Cl2N2O6/c31-18-6-1-16(2-7-18)30(42)43-19-8-3-15(4-9-19)26(38)14-36(27(39)17-5-10-24(34)25(35)11-17)37-28(40)20-12-22(32)23(33)13-21(20)29(37)41/h1-11,20-23H,12-14H2/t20-,21+,22-,23-/m0/s1. The van der Waals surface area contributed by atoms with Gasteiger partial charge >= 0.3 is 5.97 Å². The molecule has 43 heavy (non-hydrogen) atoms. The number of carbonyl (C=O) groups excluding carboxylic acids is 5. The lowest BCUT2D eigenvalue weighted by atomic mass is 9.81. The number of ketones is 1. The van der Waals surface area contributed by atoms with Crippen LogP contribution in [-0.4, -0.2) is 55.7 Å². The number of amides is 3. The Morgan fingerprint density at radius 3 is 1.88 bits per heavy atom. The third-order valence-electron chi connectivity index (χ3n) is 7.29. The van der Waals surface area contributed by atoms with E-state index in [2.05, 4.69) is 47.8 Å². The quantitative estimate of drug-likeness (QED) is 0.0828. The molecule has 8 nitrogen and oxygen atoms in total. The molecule has 0 bridgehead atoms. The van der Waals surface area contributed by atoms with Crippen molar-refractivity contribution in [3.63, 3.8) is 0 Å². The average molecular weight is 816 g/mol. The first kappa shape index (κ1) is 31.8. The van der Waals surface area contributed by atoms with Gasteiger partial charge in [-0.25, -0.2) is 9.80 Å². The Labute approximate surface area is 282 Å². The lowest BCUT2D eigenvalue weighted by molar-refractivity contribution is -0.154. The van der Waals surface area contributed by atoms with E-state index in [0.717, 1.165) is 14.5 Å². The van der Waals surface area contributed by atoms with Gasteiger partial charge in [0, 0.05) is 25.3 Å². The second-order valence-corrected chi connectivity index (χ2v) is 14.1. The molecule has 3 aromatic rings. The van der Waals surface area contributed by atoms with Gasteiger partial charge in [-0.3, -0.25) is 19.2 Å². The number of ether oxygens (including phenoxy) is 1. The molecule has 3 amide bonds. The van der Waals surface area contributed by atoms with Crippen LogP contribution in [0.4, 0.5) is 0 Å². The molecule has 2 fully saturated rings. The van der Waals surface area contributed by atoms with Crippen molar-refractivity contribution < 1.29 is 28.7 Å². The van der Waals surface area contributed by atoms with Gasteiger partial charge in [-0.15, -0.1) is 0 Å². The molecule has 1 saturated carbocycles. The highest BCUT2D eigenvalue weighted by atomic mass is 79.9. The smallest absolute Gasteiger partial charge is 0.343 e. The van der Waals surface area contributed by atoms with Crippen LogP contribution in [0, 0.1) is 11.8 Å². The van der Waals surface area contributed by atoms with Gasteiger partial charge in [0.1, 0.15) is 12.3 Å². The average Bonchev–Trinajstić information content (AvgIpc) is 3.21. The lowest BCUT2D eigenvalue weighted by Gasteiger charge is -2.30. The van der Waals surface area contributed by atoms with Crippen LogP contribution in [0.25, 0.3) is 0 Å². The molecular formula is C30H21Br3Cl2N2O6. The molecule has 2 aliphatic rings. The Morgan fingerprint density at radius 2 is 1.33 bits per heavy atom. The van der Waals surface area contributed by atoms with E-state index in [4.69, 9.17) is 27.9 Å². The van der Waals surface area contributed by atoms with Gasteiger partial charge < -0.3 is 4.74 Å². The topological polar surface area (TPSA) is 101 Å². The first-order valence-corrected chi connectivity index (χ1v) is 16.4. The van der Waals surface area contributed by atoms with Crippen molar-refractivity contribution in [2.24, 2.45) is 11.8 Å². The van der Waals surface area contributed by atoms with Crippen LogP contribution in [-0.2, 0) is 9.59 Å². The molecule has 0 N–H and O–H groups in total. The Balaban J connectivity index is 1.39. The molecule has 222 valence electrons. The minimum absolute atomic E-state index is 0.0392. The maximum absolute atomic E-state index is 13.8. The van der Waals surface area contributed by atoms with Crippen LogP contribution in [0.5, 0.6) is 5.75 Å². The molecule has 1 aliphatic carbocycles. The fraction of sp³-hybridized carbons (Fsp3) is 0.233. The zero-order valence-electron chi connectivity index (χ0n) is 22.0. The summed E-state index contributed by atoms with van der Waals surface area (Å²) < 4.78 is 6.21. The Morgan fingerprint density at radius 1 is 0.791 bits per heavy atom. The second kappa shape index (κ2) is 13.2. The van der Waals surface area contributed by atoms with Crippen molar-refractivity contribution in [3.05, 3.63) is 97.9 Å². The third-order valence-corrected chi connectivity index (χ3v) is 11.3. The number of benzene rings is 3. The van der Waals surface area contributed by atoms with Crippen LogP contribution < -0.4 is 4.74 Å². The van der Waals surface area contributed by atoms with Gasteiger partial charge in [0.15, 0.2) is 5.78 Å². The molecule has 0 radical (unpaired) electrons. The summed E-state index contributed by atoms with van der Waals surface area (Å²) in [5.41, 5.74) is 0.565. The summed E-state index contributed by atoms with van der Waals surface area (Å²) in [4.78, 5) is 66.8. The van der Waals surface area contributed by atoms with Gasteiger partial charge in [0.05, 0.1) is 27.4 Å². The number of rotatable bonds is 7. The van der Waals surface area contributed by atoms with Crippen molar-refractivity contribution in [2.75, 3.05) is 6.54 Å². The number of Topliss-reactive ketones (excluding diaryl/α,β-unsaturated/α-hetero) is 1. The summed E-state index contributed by atoms with van der Waals surface area (Å²) in [6, 6.07) is 16.6. The summed E-state index contributed by atoms with van der Waals surface area (Å²) in [6.07, 6.45) is 0.787. The van der Waals surface area contributed by atoms with Crippen LogP contribution in [0.1, 0.15) is 43.9 Å². The highest BCUT2D eigenvalue weighted by molar-refractivity contribution is 9.12. The van der Waals surface area contributed by atoms with Crippen molar-refractivity contribution in [3.8, 4) is 5.75 Å². The summed E-state index contributed by atoms with van der Waals surface area (Å²) in [7, 11) is 0. The molecule has 1 aliphatic heterocycles. The number of esters is 1. The van der Waals surface area contributed by atoms with Crippen molar-refractivity contribution >= 4 is 100 Å². The fourth-order valence-corrected chi connectivity index (χ4v) is 6.81. The van der Waals surface area contributed by atoms with E-state index in [1.54, 1.807) is 24.3 Å². The van der Waals surface area contributed by atoms with Gasteiger partial charge in [0.25, 0.3) is 17.7 Å². The molecule has 1 heterocycles. The SMILES string of the molecule is O=C(CN(C(=O)c1ccc(Cl)c(Cl)c1)N1C(=O)[C@H]2C[C@H](Br)[C@@H](Br)C[C@H]2C1=O)c1ccc(OC(=O)c2ccc(Br)cc2)cc1. The summed E-state index contributed by atoms with van der Waals surface area (Å²) in [5, 5.41) is 1.99. The molecule has 0 unspecified atom stereocenters. The number of hydrazine groups is 1.